The van der Waals surface area contributed by atoms with Crippen molar-refractivity contribution in [3.8, 4) is 5.69 Å². The van der Waals surface area contributed by atoms with E-state index in [1.54, 1.807) is 43.0 Å². The Labute approximate surface area is 102 Å². The Hall–Kier alpha value is -1.33. The van der Waals surface area contributed by atoms with Crippen molar-refractivity contribution < 1.29 is 0 Å². The van der Waals surface area contributed by atoms with E-state index in [9.17, 15) is 4.79 Å². The van der Waals surface area contributed by atoms with Gasteiger partial charge in [0.1, 0.15) is 0 Å². The van der Waals surface area contributed by atoms with Gasteiger partial charge < -0.3 is 0 Å². The molecule has 0 aliphatic rings. The van der Waals surface area contributed by atoms with Gasteiger partial charge in [-0.25, -0.2) is 14.0 Å². The molecule has 0 spiro atoms. The van der Waals surface area contributed by atoms with Gasteiger partial charge in [-0.2, -0.15) is 0 Å². The van der Waals surface area contributed by atoms with Gasteiger partial charge in [0.25, 0.3) is 0 Å². The molecular weight excluding hydrogens is 246 g/mol. The average Bonchev–Trinajstić information content (AvgIpc) is 2.46. The molecule has 1 heterocycles. The Balaban J connectivity index is 2.75. The fraction of sp³-hybridized carbons (Fsp3) is 0.200. The summed E-state index contributed by atoms with van der Waals surface area (Å²) in [4.78, 5) is 11.9. The molecule has 4 nitrogen and oxygen atoms in total. The van der Waals surface area contributed by atoms with Crippen molar-refractivity contribution in [3.63, 3.8) is 0 Å². The molecule has 0 saturated heterocycles. The van der Waals surface area contributed by atoms with Crippen molar-refractivity contribution in [3.05, 3.63) is 44.5 Å². The molecule has 1 aromatic heterocycles. The minimum atomic E-state index is -0.171. The van der Waals surface area contributed by atoms with Crippen LogP contribution in [0.25, 0.3) is 5.69 Å². The first-order chi connectivity index (χ1) is 7.52. The van der Waals surface area contributed by atoms with Crippen LogP contribution in [-0.2, 0) is 14.1 Å². The summed E-state index contributed by atoms with van der Waals surface area (Å²) >= 11 is 11.0. The molecule has 2 aromatic rings. The van der Waals surface area contributed by atoms with E-state index in [4.69, 9.17) is 23.8 Å². The first kappa shape index (κ1) is 11.2. The van der Waals surface area contributed by atoms with E-state index < -0.39 is 0 Å². The van der Waals surface area contributed by atoms with Crippen LogP contribution in [0.1, 0.15) is 0 Å². The highest BCUT2D eigenvalue weighted by Gasteiger charge is 2.08. The van der Waals surface area contributed by atoms with Gasteiger partial charge in [0.2, 0.25) is 4.77 Å². The third-order valence-corrected chi connectivity index (χ3v) is 3.17. The van der Waals surface area contributed by atoms with Crippen LogP contribution in [0.5, 0.6) is 0 Å². The van der Waals surface area contributed by atoms with Gasteiger partial charge in [-0.1, -0.05) is 11.6 Å². The molecule has 0 unspecified atom stereocenters. The second-order valence-electron chi connectivity index (χ2n) is 3.42. The summed E-state index contributed by atoms with van der Waals surface area (Å²) in [6.07, 6.45) is 0. The maximum absolute atomic E-state index is 11.9. The highest BCUT2D eigenvalue weighted by molar-refractivity contribution is 7.71. The Morgan fingerprint density at radius 1 is 1.12 bits per heavy atom. The minimum Gasteiger partial charge on any atom is -0.259 e. The lowest BCUT2D eigenvalue weighted by atomic mass is 10.3. The normalized spacial score (nSPS) is 10.7. The van der Waals surface area contributed by atoms with Crippen molar-refractivity contribution >= 4 is 23.8 Å². The summed E-state index contributed by atoms with van der Waals surface area (Å²) in [5.74, 6) is 0. The lowest BCUT2D eigenvalue weighted by molar-refractivity contribution is 0.573. The lowest BCUT2D eigenvalue weighted by Crippen LogP contribution is -2.22. The van der Waals surface area contributed by atoms with E-state index in [0.29, 0.717) is 9.79 Å². The molecule has 16 heavy (non-hydrogen) atoms. The van der Waals surface area contributed by atoms with Crippen molar-refractivity contribution in [1.82, 2.24) is 13.9 Å². The number of nitrogens with zero attached hydrogens (tertiary/aromatic N) is 3. The molecule has 0 saturated carbocycles. The summed E-state index contributed by atoms with van der Waals surface area (Å²) in [5.41, 5.74) is 0.547. The monoisotopic (exact) mass is 255 g/mol. The van der Waals surface area contributed by atoms with Crippen molar-refractivity contribution in [1.29, 1.82) is 0 Å². The van der Waals surface area contributed by atoms with Gasteiger partial charge in [-0.05, 0) is 36.5 Å². The summed E-state index contributed by atoms with van der Waals surface area (Å²) in [5, 5.41) is 0.628. The third kappa shape index (κ3) is 1.62. The molecule has 0 bridgehead atoms. The van der Waals surface area contributed by atoms with Crippen LogP contribution in [0, 0.1) is 4.77 Å². The second kappa shape index (κ2) is 3.92. The van der Waals surface area contributed by atoms with Crippen molar-refractivity contribution in [2.45, 2.75) is 0 Å². The van der Waals surface area contributed by atoms with E-state index in [1.165, 1.54) is 9.25 Å². The maximum Gasteiger partial charge on any atom is 0.349 e. The summed E-state index contributed by atoms with van der Waals surface area (Å²) < 4.78 is 4.99. The number of halogens is 1. The van der Waals surface area contributed by atoms with E-state index in [2.05, 4.69) is 0 Å². The highest BCUT2D eigenvalue weighted by Crippen LogP contribution is 2.12. The quantitative estimate of drug-likeness (QED) is 0.729. The van der Waals surface area contributed by atoms with Gasteiger partial charge in [0.15, 0.2) is 0 Å². The molecule has 0 aliphatic carbocycles. The summed E-state index contributed by atoms with van der Waals surface area (Å²) in [7, 11) is 3.42. The number of benzene rings is 1. The minimum absolute atomic E-state index is 0.171. The van der Waals surface area contributed by atoms with Gasteiger partial charge >= 0.3 is 5.69 Å². The zero-order valence-electron chi connectivity index (χ0n) is 8.85. The average molecular weight is 256 g/mol. The molecule has 2 rings (SSSR count). The maximum atomic E-state index is 11.9. The molecular formula is C10H10ClN3OS. The molecule has 0 fully saturated rings. The Morgan fingerprint density at radius 3 is 2.12 bits per heavy atom. The Bertz CT molecular complexity index is 602. The van der Waals surface area contributed by atoms with Gasteiger partial charge in [-0.15, -0.1) is 0 Å². The largest absolute Gasteiger partial charge is 0.349 e. The van der Waals surface area contributed by atoms with E-state index in [1.807, 2.05) is 0 Å². The molecule has 1 aromatic carbocycles. The molecule has 0 amide bonds. The molecule has 0 radical (unpaired) electrons. The molecule has 0 N–H and O–H groups in total. The zero-order valence-corrected chi connectivity index (χ0v) is 10.4. The van der Waals surface area contributed by atoms with Gasteiger partial charge in [0.05, 0.1) is 5.69 Å². The lowest BCUT2D eigenvalue weighted by Gasteiger charge is -1.99. The van der Waals surface area contributed by atoms with Gasteiger partial charge in [-0.3, -0.25) is 4.68 Å². The third-order valence-electron chi connectivity index (χ3n) is 2.47. The SMILES string of the molecule is Cn1c(=O)n(-c2ccc(Cl)cc2)c(=S)n1C. The van der Waals surface area contributed by atoms with Crippen molar-refractivity contribution in [2.75, 3.05) is 0 Å². The second-order valence-corrected chi connectivity index (χ2v) is 4.23. The fourth-order valence-corrected chi connectivity index (χ4v) is 1.87. The fourth-order valence-electron chi connectivity index (χ4n) is 1.44. The van der Waals surface area contributed by atoms with Crippen LogP contribution < -0.4 is 5.69 Å². The van der Waals surface area contributed by atoms with Crippen LogP contribution in [0.2, 0.25) is 5.02 Å². The topological polar surface area (TPSA) is 31.9 Å². The predicted octanol–water partition coefficient (Wildman–Crippen LogP) is 1.90. The first-order valence-electron chi connectivity index (χ1n) is 4.63. The van der Waals surface area contributed by atoms with Crippen LogP contribution in [-0.4, -0.2) is 13.9 Å². The van der Waals surface area contributed by atoms with Crippen molar-refractivity contribution in [2.24, 2.45) is 14.1 Å². The van der Waals surface area contributed by atoms with Gasteiger partial charge in [0, 0.05) is 19.1 Å². The zero-order chi connectivity index (χ0) is 11.9. The predicted molar refractivity (Wildman–Crippen MR) is 65.8 cm³/mol. The van der Waals surface area contributed by atoms with E-state index in [0.717, 1.165) is 5.69 Å². The molecule has 0 aliphatic heterocycles. The van der Waals surface area contributed by atoms with Crippen LogP contribution >= 0.6 is 23.8 Å². The summed E-state index contributed by atoms with van der Waals surface area (Å²) in [6, 6.07) is 6.98. The number of aromatic nitrogens is 3. The molecule has 6 heteroatoms. The van der Waals surface area contributed by atoms with E-state index >= 15 is 0 Å². The van der Waals surface area contributed by atoms with Crippen LogP contribution in [0.15, 0.2) is 29.1 Å². The Morgan fingerprint density at radius 2 is 1.69 bits per heavy atom. The smallest absolute Gasteiger partial charge is 0.259 e. The number of hydrogen-bond donors (Lipinski definition) is 0. The number of hydrogen-bond acceptors (Lipinski definition) is 2. The van der Waals surface area contributed by atoms with Crippen LogP contribution in [0.3, 0.4) is 0 Å². The van der Waals surface area contributed by atoms with E-state index in [-0.39, 0.29) is 5.69 Å². The molecule has 84 valence electrons. The first-order valence-corrected chi connectivity index (χ1v) is 5.42. The molecule has 0 atom stereocenters. The summed E-state index contributed by atoms with van der Waals surface area (Å²) in [6.45, 7) is 0. The number of rotatable bonds is 1. The standard InChI is InChI=1S/C10H10ClN3OS/c1-12-9(15)14(10(16)13(12)2)8-5-3-7(11)4-6-8/h3-6H,1-2H3. The van der Waals surface area contributed by atoms with Crippen LogP contribution in [0.4, 0.5) is 0 Å². The highest BCUT2D eigenvalue weighted by atomic mass is 35.5. The Kier molecular flexibility index (Phi) is 2.73.